The van der Waals surface area contributed by atoms with E-state index in [1.807, 2.05) is 19.1 Å². The summed E-state index contributed by atoms with van der Waals surface area (Å²) >= 11 is 7.32. The number of aryl methyl sites for hydroxylation is 1. The summed E-state index contributed by atoms with van der Waals surface area (Å²) in [7, 11) is 0. The van der Waals surface area contributed by atoms with Crippen LogP contribution < -0.4 is 5.32 Å². The van der Waals surface area contributed by atoms with E-state index < -0.39 is 0 Å². The quantitative estimate of drug-likeness (QED) is 0.806. The molecule has 1 aromatic carbocycles. The van der Waals surface area contributed by atoms with E-state index in [4.69, 9.17) is 16.3 Å². The highest BCUT2D eigenvalue weighted by atomic mass is 35.5. The zero-order valence-corrected chi connectivity index (χ0v) is 14.2. The predicted molar refractivity (Wildman–Crippen MR) is 89.9 cm³/mol. The molecule has 1 unspecified atom stereocenters. The zero-order valence-electron chi connectivity index (χ0n) is 12.6. The highest BCUT2D eigenvalue weighted by Gasteiger charge is 2.21. The first-order valence-corrected chi connectivity index (χ1v) is 8.71. The number of hydrogen-bond acceptors (Lipinski definition) is 5. The second-order valence-electron chi connectivity index (χ2n) is 5.31. The minimum Gasteiger partial charge on any atom is -0.370 e. The van der Waals surface area contributed by atoms with Gasteiger partial charge in [0.2, 0.25) is 11.1 Å². The monoisotopic (exact) mass is 352 g/mol. The van der Waals surface area contributed by atoms with Gasteiger partial charge < -0.3 is 10.1 Å². The van der Waals surface area contributed by atoms with Gasteiger partial charge in [-0.3, -0.25) is 9.89 Å². The number of aromatic nitrogens is 3. The van der Waals surface area contributed by atoms with Crippen molar-refractivity contribution in [3.8, 4) is 0 Å². The third kappa shape index (κ3) is 4.25. The Labute approximate surface area is 143 Å². The van der Waals surface area contributed by atoms with Gasteiger partial charge in [0.15, 0.2) is 5.82 Å². The SMILES string of the molecule is Cc1ccc(NC(=O)CSc2n[nH]c(C3CCCO3)n2)cc1Cl. The first-order valence-electron chi connectivity index (χ1n) is 7.34. The van der Waals surface area contributed by atoms with Gasteiger partial charge in [0.25, 0.3) is 0 Å². The molecule has 1 atom stereocenters. The molecule has 122 valence electrons. The molecular weight excluding hydrogens is 336 g/mol. The smallest absolute Gasteiger partial charge is 0.234 e. The number of hydrogen-bond donors (Lipinski definition) is 2. The van der Waals surface area contributed by atoms with Crippen molar-refractivity contribution >= 4 is 35.0 Å². The molecular formula is C15H17ClN4O2S. The molecule has 0 spiro atoms. The van der Waals surface area contributed by atoms with Crippen molar-refractivity contribution in [1.82, 2.24) is 15.2 Å². The Morgan fingerprint density at radius 1 is 1.57 bits per heavy atom. The lowest BCUT2D eigenvalue weighted by molar-refractivity contribution is -0.113. The lowest BCUT2D eigenvalue weighted by atomic mass is 10.2. The number of thioether (sulfide) groups is 1. The van der Waals surface area contributed by atoms with Crippen molar-refractivity contribution in [1.29, 1.82) is 0 Å². The van der Waals surface area contributed by atoms with Gasteiger partial charge in [0.1, 0.15) is 6.10 Å². The zero-order chi connectivity index (χ0) is 16.2. The average molecular weight is 353 g/mol. The number of carbonyl (C=O) groups is 1. The Kier molecular flexibility index (Phi) is 5.20. The molecule has 0 bridgehead atoms. The summed E-state index contributed by atoms with van der Waals surface area (Å²) in [5, 5.41) is 11.0. The fourth-order valence-electron chi connectivity index (χ4n) is 2.26. The lowest BCUT2D eigenvalue weighted by Crippen LogP contribution is -2.14. The molecule has 8 heteroatoms. The molecule has 0 radical (unpaired) electrons. The first-order chi connectivity index (χ1) is 11.1. The number of ether oxygens (including phenoxy) is 1. The van der Waals surface area contributed by atoms with Crippen LogP contribution in [0.15, 0.2) is 23.4 Å². The summed E-state index contributed by atoms with van der Waals surface area (Å²) in [5.74, 6) is 0.836. The molecule has 1 amide bonds. The van der Waals surface area contributed by atoms with E-state index in [1.54, 1.807) is 6.07 Å². The van der Waals surface area contributed by atoms with E-state index in [0.29, 0.717) is 15.9 Å². The van der Waals surface area contributed by atoms with Crippen LogP contribution in [0.4, 0.5) is 5.69 Å². The normalized spacial score (nSPS) is 17.4. The third-order valence-corrected chi connectivity index (χ3v) is 4.76. The number of amides is 1. The van der Waals surface area contributed by atoms with Crippen molar-refractivity contribution in [2.75, 3.05) is 17.7 Å². The Bertz CT molecular complexity index is 701. The van der Waals surface area contributed by atoms with Gasteiger partial charge in [-0.15, -0.1) is 5.10 Å². The Morgan fingerprint density at radius 2 is 2.43 bits per heavy atom. The molecule has 3 rings (SSSR count). The third-order valence-electron chi connectivity index (χ3n) is 3.50. The number of carbonyl (C=O) groups excluding carboxylic acids is 1. The molecule has 6 nitrogen and oxygen atoms in total. The van der Waals surface area contributed by atoms with Crippen LogP contribution in [0.25, 0.3) is 0 Å². The van der Waals surface area contributed by atoms with Crippen molar-refractivity contribution in [3.05, 3.63) is 34.6 Å². The molecule has 1 aliphatic heterocycles. The molecule has 0 saturated carbocycles. The van der Waals surface area contributed by atoms with Crippen LogP contribution >= 0.6 is 23.4 Å². The Balaban J connectivity index is 1.51. The number of H-pyrrole nitrogens is 1. The second-order valence-corrected chi connectivity index (χ2v) is 6.66. The highest BCUT2D eigenvalue weighted by molar-refractivity contribution is 7.99. The summed E-state index contributed by atoms with van der Waals surface area (Å²) in [6, 6.07) is 5.43. The van der Waals surface area contributed by atoms with E-state index in [1.165, 1.54) is 11.8 Å². The molecule has 1 saturated heterocycles. The van der Waals surface area contributed by atoms with Gasteiger partial charge in [-0.05, 0) is 37.5 Å². The number of aromatic amines is 1. The number of anilines is 1. The summed E-state index contributed by atoms with van der Waals surface area (Å²) < 4.78 is 5.54. The highest BCUT2D eigenvalue weighted by Crippen LogP contribution is 2.27. The van der Waals surface area contributed by atoms with Crippen LogP contribution in [0.3, 0.4) is 0 Å². The Morgan fingerprint density at radius 3 is 3.17 bits per heavy atom. The number of nitrogens with one attached hydrogen (secondary N) is 2. The van der Waals surface area contributed by atoms with E-state index in [9.17, 15) is 4.79 Å². The summed E-state index contributed by atoms with van der Waals surface area (Å²) in [6.07, 6.45) is 1.99. The first kappa shape index (κ1) is 16.3. The van der Waals surface area contributed by atoms with Crippen molar-refractivity contribution in [2.45, 2.75) is 31.0 Å². The van der Waals surface area contributed by atoms with Gasteiger partial charge in [0, 0.05) is 17.3 Å². The van der Waals surface area contributed by atoms with Gasteiger partial charge in [-0.1, -0.05) is 29.4 Å². The Hall–Kier alpha value is -1.57. The minimum atomic E-state index is -0.126. The molecule has 0 aliphatic carbocycles. The van der Waals surface area contributed by atoms with Gasteiger partial charge in [-0.25, -0.2) is 4.98 Å². The van der Waals surface area contributed by atoms with Crippen LogP contribution in [0, 0.1) is 6.92 Å². The number of rotatable bonds is 5. The number of halogens is 1. The standard InChI is InChI=1S/C15H17ClN4O2S/c1-9-4-5-10(7-11(9)16)17-13(21)8-23-15-18-14(19-20-15)12-3-2-6-22-12/h4-5,7,12H,2-3,6,8H2,1H3,(H,17,21)(H,18,19,20). The molecule has 1 aliphatic rings. The summed E-state index contributed by atoms with van der Waals surface area (Å²) in [6.45, 7) is 2.67. The predicted octanol–water partition coefficient (Wildman–Crippen LogP) is 3.35. The van der Waals surface area contributed by atoms with Gasteiger partial charge >= 0.3 is 0 Å². The molecule has 2 N–H and O–H groups in total. The second kappa shape index (κ2) is 7.33. The van der Waals surface area contributed by atoms with Crippen molar-refractivity contribution in [3.63, 3.8) is 0 Å². The fraction of sp³-hybridized carbons (Fsp3) is 0.400. The van der Waals surface area contributed by atoms with E-state index in [-0.39, 0.29) is 17.8 Å². The van der Waals surface area contributed by atoms with Crippen LogP contribution in [0.1, 0.15) is 30.3 Å². The van der Waals surface area contributed by atoms with Crippen molar-refractivity contribution in [2.24, 2.45) is 0 Å². The van der Waals surface area contributed by atoms with Gasteiger partial charge in [-0.2, -0.15) is 0 Å². The van der Waals surface area contributed by atoms with E-state index in [0.717, 1.165) is 30.8 Å². The maximum atomic E-state index is 12.0. The lowest BCUT2D eigenvalue weighted by Gasteiger charge is -2.06. The fourth-order valence-corrected chi connectivity index (χ4v) is 3.04. The topological polar surface area (TPSA) is 79.9 Å². The van der Waals surface area contributed by atoms with Gasteiger partial charge in [0.05, 0.1) is 5.75 Å². The minimum absolute atomic E-state index is 0.000349. The average Bonchev–Trinajstić information content (AvgIpc) is 3.19. The van der Waals surface area contributed by atoms with E-state index >= 15 is 0 Å². The maximum Gasteiger partial charge on any atom is 0.234 e. The van der Waals surface area contributed by atoms with Crippen LogP contribution in [-0.2, 0) is 9.53 Å². The molecule has 23 heavy (non-hydrogen) atoms. The van der Waals surface area contributed by atoms with Crippen LogP contribution in [-0.4, -0.2) is 33.4 Å². The largest absolute Gasteiger partial charge is 0.370 e. The van der Waals surface area contributed by atoms with E-state index in [2.05, 4.69) is 20.5 Å². The van der Waals surface area contributed by atoms with Crippen LogP contribution in [0.5, 0.6) is 0 Å². The molecule has 2 heterocycles. The molecule has 1 aromatic heterocycles. The molecule has 1 fully saturated rings. The summed E-state index contributed by atoms with van der Waals surface area (Å²) in [4.78, 5) is 16.3. The molecule has 2 aromatic rings. The maximum absolute atomic E-state index is 12.0. The number of benzene rings is 1. The van der Waals surface area contributed by atoms with Crippen molar-refractivity contribution < 1.29 is 9.53 Å². The summed E-state index contributed by atoms with van der Waals surface area (Å²) in [5.41, 5.74) is 1.66. The van der Waals surface area contributed by atoms with Crippen LogP contribution in [0.2, 0.25) is 5.02 Å². The number of nitrogens with zero attached hydrogens (tertiary/aromatic N) is 2.